The summed E-state index contributed by atoms with van der Waals surface area (Å²) in [6, 6.07) is 13.9. The number of benzene rings is 2. The minimum absolute atomic E-state index is 0.0373. The molecule has 0 unspecified atom stereocenters. The van der Waals surface area contributed by atoms with Crippen LogP contribution in [-0.2, 0) is 31.9 Å². The van der Waals surface area contributed by atoms with Gasteiger partial charge in [-0.2, -0.15) is 0 Å². The number of anilines is 2. The number of amides is 2. The fourth-order valence-electron chi connectivity index (χ4n) is 5.24. The Hall–Kier alpha value is -3.35. The zero-order chi connectivity index (χ0) is 27.8. The SMILES string of the molecule is Cc1ccc2c(c1)CC(=O)N2c1cccc(C[C@H](C(=O)OC(C)(C)C)[C@H]2CCN(C(=O)OC(C)(C)C)C2)c1. The van der Waals surface area contributed by atoms with Gasteiger partial charge < -0.3 is 14.4 Å². The molecule has 2 heterocycles. The largest absolute Gasteiger partial charge is 0.460 e. The third kappa shape index (κ3) is 6.55. The molecule has 7 heteroatoms. The molecule has 2 atom stereocenters. The Bertz CT molecular complexity index is 1220. The van der Waals surface area contributed by atoms with E-state index in [1.165, 1.54) is 0 Å². The lowest BCUT2D eigenvalue weighted by Gasteiger charge is -2.28. The number of carbonyl (C=O) groups is 3. The van der Waals surface area contributed by atoms with E-state index in [9.17, 15) is 14.4 Å². The molecule has 7 nitrogen and oxygen atoms in total. The summed E-state index contributed by atoms with van der Waals surface area (Å²) in [6.07, 6.45) is 1.18. The minimum Gasteiger partial charge on any atom is -0.460 e. The Morgan fingerprint density at radius 1 is 1.00 bits per heavy atom. The summed E-state index contributed by atoms with van der Waals surface area (Å²) < 4.78 is 11.4. The lowest BCUT2D eigenvalue weighted by molar-refractivity contribution is -0.162. The van der Waals surface area contributed by atoms with Crippen molar-refractivity contribution in [3.63, 3.8) is 0 Å². The highest BCUT2D eigenvalue weighted by atomic mass is 16.6. The maximum absolute atomic E-state index is 13.4. The summed E-state index contributed by atoms with van der Waals surface area (Å²) in [5, 5.41) is 0. The molecular formula is C31H40N2O5. The van der Waals surface area contributed by atoms with Crippen molar-refractivity contribution < 1.29 is 23.9 Å². The number of aryl methyl sites for hydroxylation is 1. The van der Waals surface area contributed by atoms with Gasteiger partial charge in [-0.15, -0.1) is 0 Å². The molecule has 0 bridgehead atoms. The Morgan fingerprint density at radius 3 is 2.39 bits per heavy atom. The van der Waals surface area contributed by atoms with Gasteiger partial charge in [-0.1, -0.05) is 29.8 Å². The zero-order valence-electron chi connectivity index (χ0n) is 23.7. The molecule has 0 saturated carbocycles. The molecule has 2 aliphatic rings. The van der Waals surface area contributed by atoms with Gasteiger partial charge in [0.2, 0.25) is 5.91 Å². The second-order valence-corrected chi connectivity index (χ2v) is 12.5. The van der Waals surface area contributed by atoms with Crippen LogP contribution in [0.25, 0.3) is 0 Å². The molecule has 2 aromatic carbocycles. The molecule has 0 aliphatic carbocycles. The van der Waals surface area contributed by atoms with Gasteiger partial charge in [-0.3, -0.25) is 14.5 Å². The highest BCUT2D eigenvalue weighted by molar-refractivity contribution is 6.07. The van der Waals surface area contributed by atoms with Gasteiger partial charge in [-0.05, 0) is 96.6 Å². The van der Waals surface area contributed by atoms with Gasteiger partial charge >= 0.3 is 12.1 Å². The van der Waals surface area contributed by atoms with Gasteiger partial charge in [0.25, 0.3) is 0 Å². The van der Waals surface area contributed by atoms with E-state index in [1.54, 1.807) is 9.80 Å². The third-order valence-corrected chi connectivity index (χ3v) is 6.85. The van der Waals surface area contributed by atoms with Crippen molar-refractivity contribution in [2.75, 3.05) is 18.0 Å². The van der Waals surface area contributed by atoms with Gasteiger partial charge in [0.15, 0.2) is 0 Å². The second kappa shape index (κ2) is 10.4. The second-order valence-electron chi connectivity index (χ2n) is 12.5. The summed E-state index contributed by atoms with van der Waals surface area (Å²) in [5.74, 6) is -0.716. The van der Waals surface area contributed by atoms with E-state index in [1.807, 2.05) is 84.9 Å². The van der Waals surface area contributed by atoms with E-state index in [0.717, 1.165) is 28.1 Å². The van der Waals surface area contributed by atoms with E-state index in [4.69, 9.17) is 9.47 Å². The van der Waals surface area contributed by atoms with Crippen LogP contribution >= 0.6 is 0 Å². The van der Waals surface area contributed by atoms with Gasteiger partial charge in [0, 0.05) is 18.8 Å². The smallest absolute Gasteiger partial charge is 0.410 e. The maximum Gasteiger partial charge on any atom is 0.410 e. The van der Waals surface area contributed by atoms with Gasteiger partial charge in [0.1, 0.15) is 11.2 Å². The predicted molar refractivity (Wildman–Crippen MR) is 147 cm³/mol. The number of ether oxygens (including phenoxy) is 2. The van der Waals surface area contributed by atoms with Crippen LogP contribution in [0.2, 0.25) is 0 Å². The summed E-state index contributed by atoms with van der Waals surface area (Å²) in [4.78, 5) is 42.5. The molecular weight excluding hydrogens is 480 g/mol. The summed E-state index contributed by atoms with van der Waals surface area (Å²) >= 11 is 0. The number of rotatable bonds is 5. The standard InChI is InChI=1S/C31H40N2O5/c1-20-11-12-26-23(15-20)18-27(34)33(26)24-10-8-9-21(16-24)17-25(28(35)37-30(2,3)4)22-13-14-32(19-22)29(36)38-31(5,6)7/h8-12,15-16,22,25H,13-14,17-19H2,1-7H3/t22-,25-/m0/s1. The normalized spacial score (nSPS) is 18.4. The minimum atomic E-state index is -0.621. The van der Waals surface area contributed by atoms with Crippen LogP contribution in [0.3, 0.4) is 0 Å². The topological polar surface area (TPSA) is 76.2 Å². The van der Waals surface area contributed by atoms with E-state index in [-0.39, 0.29) is 23.9 Å². The van der Waals surface area contributed by atoms with Crippen molar-refractivity contribution >= 4 is 29.3 Å². The predicted octanol–water partition coefficient (Wildman–Crippen LogP) is 5.97. The van der Waals surface area contributed by atoms with Crippen molar-refractivity contribution in [1.82, 2.24) is 4.90 Å². The van der Waals surface area contributed by atoms with Crippen molar-refractivity contribution in [2.45, 2.75) is 78.9 Å². The van der Waals surface area contributed by atoms with Crippen LogP contribution in [0.1, 0.15) is 64.7 Å². The van der Waals surface area contributed by atoms with Crippen LogP contribution in [-0.4, -0.2) is 47.2 Å². The van der Waals surface area contributed by atoms with Crippen molar-refractivity contribution in [2.24, 2.45) is 11.8 Å². The molecule has 0 aromatic heterocycles. The highest BCUT2D eigenvalue weighted by Gasteiger charge is 2.39. The number of hydrogen-bond acceptors (Lipinski definition) is 5. The van der Waals surface area contributed by atoms with Crippen LogP contribution in [0.5, 0.6) is 0 Å². The fraction of sp³-hybridized carbons (Fsp3) is 0.516. The molecule has 2 aliphatic heterocycles. The molecule has 204 valence electrons. The number of esters is 1. The van der Waals surface area contributed by atoms with E-state index >= 15 is 0 Å². The van der Waals surface area contributed by atoms with Gasteiger partial charge in [0.05, 0.1) is 18.0 Å². The van der Waals surface area contributed by atoms with Crippen LogP contribution in [0.15, 0.2) is 42.5 Å². The van der Waals surface area contributed by atoms with Crippen LogP contribution in [0.4, 0.5) is 16.2 Å². The third-order valence-electron chi connectivity index (χ3n) is 6.85. The molecule has 0 spiro atoms. The van der Waals surface area contributed by atoms with Crippen molar-refractivity contribution in [1.29, 1.82) is 0 Å². The van der Waals surface area contributed by atoms with E-state index in [2.05, 4.69) is 6.07 Å². The molecule has 0 N–H and O–H groups in total. The molecule has 1 fully saturated rings. The average molecular weight is 521 g/mol. The fourth-order valence-corrected chi connectivity index (χ4v) is 5.24. The number of hydrogen-bond donors (Lipinski definition) is 0. The first-order valence-electron chi connectivity index (χ1n) is 13.4. The molecule has 2 aromatic rings. The lowest BCUT2D eigenvalue weighted by Crippen LogP contribution is -2.38. The summed E-state index contributed by atoms with van der Waals surface area (Å²) in [7, 11) is 0. The Labute approximate surface area is 226 Å². The number of carbonyl (C=O) groups excluding carboxylic acids is 3. The van der Waals surface area contributed by atoms with Crippen LogP contribution < -0.4 is 4.90 Å². The first-order valence-corrected chi connectivity index (χ1v) is 13.4. The monoisotopic (exact) mass is 520 g/mol. The van der Waals surface area contributed by atoms with E-state index in [0.29, 0.717) is 32.4 Å². The van der Waals surface area contributed by atoms with Crippen LogP contribution in [0, 0.1) is 18.8 Å². The number of likely N-dealkylation sites (tertiary alicyclic amines) is 1. The molecule has 4 rings (SSSR count). The van der Waals surface area contributed by atoms with E-state index < -0.39 is 17.1 Å². The highest BCUT2D eigenvalue weighted by Crippen LogP contribution is 2.37. The molecule has 1 saturated heterocycles. The summed E-state index contributed by atoms with van der Waals surface area (Å²) in [6.45, 7) is 14.1. The Kier molecular flexibility index (Phi) is 7.60. The maximum atomic E-state index is 13.4. The average Bonchev–Trinajstić information content (AvgIpc) is 3.39. The number of nitrogens with zero attached hydrogens (tertiary/aromatic N) is 2. The Morgan fingerprint density at radius 2 is 1.71 bits per heavy atom. The van der Waals surface area contributed by atoms with Crippen molar-refractivity contribution in [3.05, 3.63) is 59.2 Å². The molecule has 0 radical (unpaired) electrons. The van der Waals surface area contributed by atoms with Crippen molar-refractivity contribution in [3.8, 4) is 0 Å². The zero-order valence-corrected chi connectivity index (χ0v) is 23.7. The number of fused-ring (bicyclic) bond motifs is 1. The molecule has 2 amide bonds. The van der Waals surface area contributed by atoms with Gasteiger partial charge in [-0.25, -0.2) is 4.79 Å². The quantitative estimate of drug-likeness (QED) is 0.454. The first kappa shape index (κ1) is 27.7. The lowest BCUT2D eigenvalue weighted by atomic mass is 9.85. The first-order chi connectivity index (χ1) is 17.7. The Balaban J connectivity index is 1.57. The molecule has 38 heavy (non-hydrogen) atoms. The summed E-state index contributed by atoms with van der Waals surface area (Å²) in [5.41, 5.74) is 3.60.